The van der Waals surface area contributed by atoms with Gasteiger partial charge in [-0.15, -0.1) is 11.3 Å². The van der Waals surface area contributed by atoms with E-state index in [-0.39, 0.29) is 49.1 Å². The molecule has 0 bridgehead atoms. The number of carbonyl (C=O) groups is 4. The van der Waals surface area contributed by atoms with Gasteiger partial charge in [0.15, 0.2) is 5.67 Å². The van der Waals surface area contributed by atoms with Crippen molar-refractivity contribution in [3.8, 4) is 10.4 Å². The largest absolute Gasteiger partial charge is 0.391 e. The van der Waals surface area contributed by atoms with Crippen LogP contribution in [0.1, 0.15) is 96.4 Å². The Morgan fingerprint density at radius 2 is 1.68 bits per heavy atom. The van der Waals surface area contributed by atoms with E-state index in [1.165, 1.54) is 16.7 Å². The standard InChI is InChI=1S/C53H70ClFN12O5S2/c1-32-44(73-31-60-32)34-8-6-33(7-9-34)38(62-47(69)39-24-37(68)29-67(39)49(71)45(51(2,3)4)63-50(72)53(55)14-15-53)13-21-64-19-11-35(12-20-64)48(70)66-27-36(28-66)61-46-43(54)40(10-18-57-46)74-42-26-58-41(25-59-42)65-22-16-52(5,30-56)17-23-65/h6-10,18,25-26,31,35-39,45,68H,11-17,19-24,27-30,56H2,1-5H3,(H,57,61)(H,62,69)(H,63,72)/t37-,38+,39+,45-/m1/s1. The van der Waals surface area contributed by atoms with Crippen molar-refractivity contribution in [3.05, 3.63) is 70.7 Å². The smallest absolute Gasteiger partial charge is 0.258 e. The van der Waals surface area contributed by atoms with E-state index in [2.05, 4.69) is 47.6 Å². The summed E-state index contributed by atoms with van der Waals surface area (Å²) in [5.74, 6) is -0.299. The maximum absolute atomic E-state index is 14.8. The van der Waals surface area contributed by atoms with Crippen LogP contribution in [-0.4, -0.2) is 152 Å². The lowest BCUT2D eigenvalue weighted by atomic mass is 9.80. The minimum Gasteiger partial charge on any atom is -0.391 e. The third-order valence-corrected chi connectivity index (χ3v) is 18.1. The van der Waals surface area contributed by atoms with E-state index in [0.717, 1.165) is 76.5 Å². The van der Waals surface area contributed by atoms with E-state index in [1.54, 1.807) is 44.5 Å². The number of aromatic nitrogens is 4. The number of halogens is 2. The Hall–Kier alpha value is -4.99. The topological polar surface area (TPSA) is 215 Å². The van der Waals surface area contributed by atoms with Crippen molar-refractivity contribution in [1.82, 2.24) is 45.3 Å². The first kappa shape index (κ1) is 53.8. The number of aliphatic hydroxyl groups is 1. The first-order valence-electron chi connectivity index (χ1n) is 26.0. The van der Waals surface area contributed by atoms with Gasteiger partial charge in [-0.25, -0.2) is 24.3 Å². The fraction of sp³-hybridized carbons (Fsp3) is 0.585. The van der Waals surface area contributed by atoms with E-state index < -0.39 is 53.0 Å². The van der Waals surface area contributed by atoms with Crippen LogP contribution in [0.4, 0.5) is 16.0 Å². The van der Waals surface area contributed by atoms with Crippen LogP contribution in [0.2, 0.25) is 5.02 Å². The van der Waals surface area contributed by atoms with Gasteiger partial charge in [0, 0.05) is 62.7 Å². The van der Waals surface area contributed by atoms with Crippen LogP contribution in [0.15, 0.2) is 64.4 Å². The number of nitrogens with zero attached hydrogens (tertiary/aromatic N) is 8. The highest BCUT2D eigenvalue weighted by Gasteiger charge is 2.53. The summed E-state index contributed by atoms with van der Waals surface area (Å²) in [6.45, 7) is 15.1. The van der Waals surface area contributed by atoms with Gasteiger partial charge >= 0.3 is 0 Å². The van der Waals surface area contributed by atoms with E-state index in [0.29, 0.717) is 56.3 Å². The lowest BCUT2D eigenvalue weighted by molar-refractivity contribution is -0.145. The fourth-order valence-electron chi connectivity index (χ4n) is 10.4. The molecule has 5 aliphatic rings. The monoisotopic (exact) mass is 1070 g/mol. The molecule has 0 spiro atoms. The Bertz CT molecular complexity index is 2650. The minimum atomic E-state index is -1.98. The van der Waals surface area contributed by atoms with Gasteiger partial charge in [-0.3, -0.25) is 19.2 Å². The van der Waals surface area contributed by atoms with Gasteiger partial charge in [0.05, 0.1) is 51.7 Å². The summed E-state index contributed by atoms with van der Waals surface area (Å²) in [6.07, 6.45) is 8.62. The molecule has 3 aromatic heterocycles. The number of aryl methyl sites for hydroxylation is 1. The SMILES string of the molecule is Cc1ncsc1-c1ccc([C@H](CCN2CCC(C(=O)N3CC(Nc4nccc(Sc5cnc(N6CCC(C)(CN)CC6)cn5)c4Cl)C3)CC2)NC(=O)[C@@H]2C[C@@H](O)CN2C(=O)[C@@H](NC(=O)C2(F)CC2)C(C)(C)C)cc1. The summed E-state index contributed by atoms with van der Waals surface area (Å²) in [6, 6.07) is 7.38. The van der Waals surface area contributed by atoms with Gasteiger partial charge in [-0.05, 0) is 99.5 Å². The number of alkyl halides is 1. The molecule has 17 nitrogen and oxygen atoms in total. The van der Waals surface area contributed by atoms with Crippen molar-refractivity contribution in [3.63, 3.8) is 0 Å². The minimum absolute atomic E-state index is 0.0101. The van der Waals surface area contributed by atoms with Crippen LogP contribution in [-0.2, 0) is 19.2 Å². The molecule has 7 heterocycles. The summed E-state index contributed by atoms with van der Waals surface area (Å²) in [4.78, 5) is 83.2. The predicted octanol–water partition coefficient (Wildman–Crippen LogP) is 6.25. The average Bonchev–Trinajstić information content (AvgIpc) is 3.78. The second-order valence-corrected chi connectivity index (χ2v) is 24.7. The van der Waals surface area contributed by atoms with E-state index in [9.17, 15) is 28.7 Å². The van der Waals surface area contributed by atoms with Crippen molar-refractivity contribution < 1.29 is 28.7 Å². The van der Waals surface area contributed by atoms with E-state index in [1.807, 2.05) is 53.9 Å². The Kier molecular flexibility index (Phi) is 16.2. The zero-order valence-electron chi connectivity index (χ0n) is 43.0. The fourth-order valence-corrected chi connectivity index (χ4v) is 12.2. The number of benzene rings is 1. The lowest BCUT2D eigenvalue weighted by Gasteiger charge is -2.43. The number of β-amino-alcohol motifs (C(OH)–C–C–N with tert-alkyl or cyclic N) is 1. The molecule has 1 aliphatic carbocycles. The zero-order chi connectivity index (χ0) is 52.5. The maximum atomic E-state index is 14.8. The van der Waals surface area contributed by atoms with E-state index >= 15 is 0 Å². The van der Waals surface area contributed by atoms with Gasteiger partial charge in [0.25, 0.3) is 5.91 Å². The number of carbonyl (C=O) groups excluding carboxylic acids is 4. The Balaban J connectivity index is 0.775. The number of likely N-dealkylation sites (tertiary alicyclic amines) is 3. The Morgan fingerprint density at radius 3 is 2.30 bits per heavy atom. The van der Waals surface area contributed by atoms with Crippen molar-refractivity contribution in [2.75, 3.05) is 69.1 Å². The molecule has 4 atom stereocenters. The second kappa shape index (κ2) is 22.3. The van der Waals surface area contributed by atoms with Gasteiger partial charge < -0.3 is 46.4 Å². The number of hydrogen-bond acceptors (Lipinski definition) is 15. The van der Waals surface area contributed by atoms with Gasteiger partial charge in [-0.1, -0.05) is 75.3 Å². The summed E-state index contributed by atoms with van der Waals surface area (Å²) >= 11 is 9.88. The number of amides is 4. The van der Waals surface area contributed by atoms with Crippen LogP contribution in [0.3, 0.4) is 0 Å². The van der Waals surface area contributed by atoms with Crippen LogP contribution in [0.25, 0.3) is 10.4 Å². The molecule has 398 valence electrons. The summed E-state index contributed by atoms with van der Waals surface area (Å²) in [5, 5.41) is 21.4. The Labute approximate surface area is 446 Å². The molecule has 4 amide bonds. The average molecular weight is 1070 g/mol. The molecule has 5 fully saturated rings. The van der Waals surface area contributed by atoms with E-state index in [4.69, 9.17) is 22.3 Å². The van der Waals surface area contributed by atoms with Crippen molar-refractivity contribution in [1.29, 1.82) is 0 Å². The number of hydrogen-bond donors (Lipinski definition) is 5. The van der Waals surface area contributed by atoms with Gasteiger partial charge in [0.1, 0.15) is 28.7 Å². The summed E-state index contributed by atoms with van der Waals surface area (Å²) in [5.41, 5.74) is 8.05. The van der Waals surface area contributed by atoms with Gasteiger partial charge in [0.2, 0.25) is 17.7 Å². The molecule has 1 aromatic carbocycles. The van der Waals surface area contributed by atoms with Crippen LogP contribution in [0.5, 0.6) is 0 Å². The molecule has 0 unspecified atom stereocenters. The first-order chi connectivity index (χ1) is 35.3. The predicted molar refractivity (Wildman–Crippen MR) is 286 cm³/mol. The summed E-state index contributed by atoms with van der Waals surface area (Å²) in [7, 11) is 0. The molecule has 9 rings (SSSR count). The van der Waals surface area contributed by atoms with Crippen LogP contribution >= 0.6 is 34.7 Å². The molecule has 1 saturated carbocycles. The molecule has 0 radical (unpaired) electrons. The molecule has 4 aliphatic heterocycles. The molecular formula is C53H70ClFN12O5S2. The third-order valence-electron chi connectivity index (χ3n) is 15.7. The maximum Gasteiger partial charge on any atom is 0.258 e. The number of anilines is 2. The molecule has 6 N–H and O–H groups in total. The first-order valence-corrected chi connectivity index (χ1v) is 28.0. The van der Waals surface area contributed by atoms with Crippen molar-refractivity contribution in [2.45, 2.75) is 132 Å². The number of pyridine rings is 1. The van der Waals surface area contributed by atoms with Gasteiger partial charge in [-0.2, -0.15) is 0 Å². The highest BCUT2D eigenvalue weighted by atomic mass is 35.5. The zero-order valence-corrected chi connectivity index (χ0v) is 45.4. The molecule has 74 heavy (non-hydrogen) atoms. The van der Waals surface area contributed by atoms with Crippen LogP contribution < -0.4 is 26.6 Å². The third kappa shape index (κ3) is 12.3. The number of aliphatic hydroxyl groups excluding tert-OH is 1. The quantitative estimate of drug-likeness (QED) is 0.0791. The van der Waals surface area contributed by atoms with Crippen molar-refractivity contribution >= 4 is 70.0 Å². The summed E-state index contributed by atoms with van der Waals surface area (Å²) < 4.78 is 14.8. The molecule has 4 aromatic rings. The highest BCUT2D eigenvalue weighted by molar-refractivity contribution is 7.99. The second-order valence-electron chi connectivity index (χ2n) is 22.4. The number of rotatable bonds is 17. The molecular weight excluding hydrogens is 1000 g/mol. The molecule has 4 saturated heterocycles. The number of nitrogens with one attached hydrogen (secondary N) is 3. The number of thiazole rings is 1. The van der Waals surface area contributed by atoms with Crippen LogP contribution in [0, 0.1) is 23.7 Å². The highest BCUT2D eigenvalue weighted by Crippen LogP contribution is 2.41. The number of nitrogens with two attached hydrogens (primary N) is 1. The number of piperidine rings is 2. The van der Waals surface area contributed by atoms with Crippen molar-refractivity contribution in [2.24, 2.45) is 22.5 Å². The Morgan fingerprint density at radius 1 is 0.959 bits per heavy atom. The lowest BCUT2D eigenvalue weighted by Crippen LogP contribution is -2.59. The normalized spacial score (nSPS) is 21.9. The molecule has 21 heteroatoms.